The van der Waals surface area contributed by atoms with Gasteiger partial charge < -0.3 is 10.2 Å². The molecule has 0 spiro atoms. The fraction of sp³-hybridized carbons (Fsp3) is 0.571. The van der Waals surface area contributed by atoms with Gasteiger partial charge in [0.15, 0.2) is 0 Å². The van der Waals surface area contributed by atoms with Gasteiger partial charge in [-0.2, -0.15) is 0 Å². The Balaban J connectivity index is 2.87. The second-order valence-corrected chi connectivity index (χ2v) is 4.23. The molecule has 1 aromatic rings. The molecule has 0 bridgehead atoms. The van der Waals surface area contributed by atoms with Crippen molar-refractivity contribution >= 4 is 0 Å². The molecule has 1 aromatic carbocycles. The molecule has 0 fully saturated rings. The molecular formula is C14H24N2. The number of nitrogens with one attached hydrogen (secondary N) is 1. The van der Waals surface area contributed by atoms with E-state index in [-0.39, 0.29) is 0 Å². The van der Waals surface area contributed by atoms with E-state index in [1.165, 1.54) is 5.56 Å². The molecule has 16 heavy (non-hydrogen) atoms. The molecule has 0 radical (unpaired) electrons. The van der Waals surface area contributed by atoms with Gasteiger partial charge in [0, 0.05) is 12.1 Å². The second kappa shape index (κ2) is 6.66. The van der Waals surface area contributed by atoms with Crippen LogP contribution >= 0.6 is 0 Å². The lowest BCUT2D eigenvalue weighted by Gasteiger charge is -2.33. The highest BCUT2D eigenvalue weighted by Gasteiger charge is 2.22. The Kier molecular flexibility index (Phi) is 5.50. The van der Waals surface area contributed by atoms with Crippen molar-refractivity contribution in [2.75, 3.05) is 20.6 Å². The highest BCUT2D eigenvalue weighted by Crippen LogP contribution is 2.22. The minimum absolute atomic E-state index is 0.413. The zero-order chi connectivity index (χ0) is 12.0. The molecule has 1 rings (SSSR count). The van der Waals surface area contributed by atoms with Crippen LogP contribution in [0.5, 0.6) is 0 Å². The number of rotatable bonds is 6. The Morgan fingerprint density at radius 1 is 1.19 bits per heavy atom. The van der Waals surface area contributed by atoms with E-state index in [9.17, 15) is 0 Å². The molecule has 0 amide bonds. The van der Waals surface area contributed by atoms with Crippen LogP contribution in [0, 0.1) is 0 Å². The van der Waals surface area contributed by atoms with Gasteiger partial charge in [0.05, 0.1) is 0 Å². The lowest BCUT2D eigenvalue weighted by molar-refractivity contribution is 0.199. The summed E-state index contributed by atoms with van der Waals surface area (Å²) < 4.78 is 0. The fourth-order valence-electron chi connectivity index (χ4n) is 2.28. The quantitative estimate of drug-likeness (QED) is 0.793. The summed E-state index contributed by atoms with van der Waals surface area (Å²) in [5, 5.41) is 3.44. The predicted octanol–water partition coefficient (Wildman–Crippen LogP) is 2.68. The third-order valence-electron chi connectivity index (χ3n) is 3.34. The number of hydrogen-bond acceptors (Lipinski definition) is 2. The van der Waals surface area contributed by atoms with E-state index in [0.29, 0.717) is 12.1 Å². The Morgan fingerprint density at radius 3 is 2.25 bits per heavy atom. The summed E-state index contributed by atoms with van der Waals surface area (Å²) in [5.74, 6) is 0. The average Bonchev–Trinajstić information content (AvgIpc) is 2.36. The van der Waals surface area contributed by atoms with E-state index in [1.807, 2.05) is 7.05 Å². The van der Waals surface area contributed by atoms with E-state index in [0.717, 1.165) is 13.0 Å². The number of hydrogen-bond donors (Lipinski definition) is 1. The minimum Gasteiger partial charge on any atom is -0.312 e. The summed E-state index contributed by atoms with van der Waals surface area (Å²) in [7, 11) is 4.24. The van der Waals surface area contributed by atoms with Gasteiger partial charge in [0.25, 0.3) is 0 Å². The van der Waals surface area contributed by atoms with Crippen LogP contribution in [0.2, 0.25) is 0 Å². The van der Waals surface area contributed by atoms with Crippen LogP contribution in [0.3, 0.4) is 0 Å². The standard InChI is InChI=1S/C14H24N2/c1-5-13(16(4)6-2)14(15-3)12-10-8-7-9-11-12/h7-11,13-15H,5-6H2,1-4H3. The normalized spacial score (nSPS) is 15.1. The van der Waals surface area contributed by atoms with Crippen molar-refractivity contribution < 1.29 is 0 Å². The molecule has 0 aliphatic carbocycles. The molecule has 90 valence electrons. The van der Waals surface area contributed by atoms with Gasteiger partial charge in [0.2, 0.25) is 0 Å². The predicted molar refractivity (Wildman–Crippen MR) is 70.6 cm³/mol. The third kappa shape index (κ3) is 3.06. The maximum absolute atomic E-state index is 3.44. The highest BCUT2D eigenvalue weighted by atomic mass is 15.2. The largest absolute Gasteiger partial charge is 0.312 e. The first-order chi connectivity index (χ1) is 7.74. The lowest BCUT2D eigenvalue weighted by atomic mass is 9.96. The first kappa shape index (κ1) is 13.2. The van der Waals surface area contributed by atoms with Crippen LogP contribution in [0.4, 0.5) is 0 Å². The van der Waals surface area contributed by atoms with Crippen LogP contribution in [0.1, 0.15) is 31.9 Å². The number of benzene rings is 1. The van der Waals surface area contributed by atoms with Gasteiger partial charge in [-0.15, -0.1) is 0 Å². The van der Waals surface area contributed by atoms with Crippen molar-refractivity contribution in [3.8, 4) is 0 Å². The van der Waals surface area contributed by atoms with Crippen LogP contribution in [-0.2, 0) is 0 Å². The zero-order valence-corrected chi connectivity index (χ0v) is 10.9. The molecule has 2 atom stereocenters. The van der Waals surface area contributed by atoms with Crippen molar-refractivity contribution in [3.05, 3.63) is 35.9 Å². The molecule has 0 aliphatic heterocycles. The Morgan fingerprint density at radius 2 is 1.81 bits per heavy atom. The lowest BCUT2D eigenvalue weighted by Crippen LogP contribution is -2.41. The Hall–Kier alpha value is -0.860. The smallest absolute Gasteiger partial charge is 0.0475 e. The maximum atomic E-state index is 3.44. The zero-order valence-electron chi connectivity index (χ0n) is 10.9. The molecule has 0 saturated carbocycles. The van der Waals surface area contributed by atoms with E-state index in [4.69, 9.17) is 0 Å². The van der Waals surface area contributed by atoms with E-state index in [2.05, 4.69) is 61.4 Å². The van der Waals surface area contributed by atoms with Crippen LogP contribution < -0.4 is 5.32 Å². The maximum Gasteiger partial charge on any atom is 0.0475 e. The number of likely N-dealkylation sites (N-methyl/N-ethyl adjacent to an activating group) is 2. The minimum atomic E-state index is 0.413. The van der Waals surface area contributed by atoms with E-state index in [1.54, 1.807) is 0 Å². The van der Waals surface area contributed by atoms with Crippen molar-refractivity contribution in [1.29, 1.82) is 0 Å². The summed E-state index contributed by atoms with van der Waals surface area (Å²) in [6, 6.07) is 11.7. The summed E-state index contributed by atoms with van der Waals surface area (Å²) in [6.45, 7) is 5.55. The van der Waals surface area contributed by atoms with Crippen molar-refractivity contribution in [2.45, 2.75) is 32.4 Å². The second-order valence-electron chi connectivity index (χ2n) is 4.23. The fourth-order valence-corrected chi connectivity index (χ4v) is 2.28. The molecule has 2 unspecified atom stereocenters. The molecule has 0 aromatic heterocycles. The van der Waals surface area contributed by atoms with Gasteiger partial charge in [-0.25, -0.2) is 0 Å². The van der Waals surface area contributed by atoms with Crippen LogP contribution in [0.15, 0.2) is 30.3 Å². The third-order valence-corrected chi connectivity index (χ3v) is 3.34. The number of nitrogens with zero attached hydrogens (tertiary/aromatic N) is 1. The molecule has 0 heterocycles. The summed E-state index contributed by atoms with van der Waals surface area (Å²) in [4.78, 5) is 2.41. The Labute approximate surface area is 99.7 Å². The summed E-state index contributed by atoms with van der Waals surface area (Å²) in [6.07, 6.45) is 1.16. The first-order valence-electron chi connectivity index (χ1n) is 6.17. The molecule has 0 saturated heterocycles. The molecule has 0 aliphatic rings. The molecule has 2 heteroatoms. The Bertz CT molecular complexity index is 284. The van der Waals surface area contributed by atoms with Gasteiger partial charge in [-0.1, -0.05) is 44.2 Å². The van der Waals surface area contributed by atoms with Gasteiger partial charge in [-0.05, 0) is 32.6 Å². The van der Waals surface area contributed by atoms with Crippen molar-refractivity contribution in [3.63, 3.8) is 0 Å². The van der Waals surface area contributed by atoms with E-state index < -0.39 is 0 Å². The van der Waals surface area contributed by atoms with Gasteiger partial charge in [0.1, 0.15) is 0 Å². The average molecular weight is 220 g/mol. The first-order valence-corrected chi connectivity index (χ1v) is 6.17. The van der Waals surface area contributed by atoms with Crippen molar-refractivity contribution in [2.24, 2.45) is 0 Å². The highest BCUT2D eigenvalue weighted by molar-refractivity contribution is 5.20. The molecule has 2 nitrogen and oxygen atoms in total. The van der Waals surface area contributed by atoms with E-state index >= 15 is 0 Å². The van der Waals surface area contributed by atoms with Crippen LogP contribution in [0.25, 0.3) is 0 Å². The van der Waals surface area contributed by atoms with Crippen LogP contribution in [-0.4, -0.2) is 31.6 Å². The van der Waals surface area contributed by atoms with Gasteiger partial charge in [-0.3, -0.25) is 0 Å². The van der Waals surface area contributed by atoms with Crippen molar-refractivity contribution in [1.82, 2.24) is 10.2 Å². The molecular weight excluding hydrogens is 196 g/mol. The van der Waals surface area contributed by atoms with Gasteiger partial charge >= 0.3 is 0 Å². The summed E-state index contributed by atoms with van der Waals surface area (Å²) >= 11 is 0. The molecule has 1 N–H and O–H groups in total. The monoisotopic (exact) mass is 220 g/mol. The topological polar surface area (TPSA) is 15.3 Å². The summed E-state index contributed by atoms with van der Waals surface area (Å²) in [5.41, 5.74) is 1.37. The SMILES string of the molecule is CCC(C(NC)c1ccccc1)N(C)CC.